The number of nitrogens with one attached hydrogen (secondary N) is 1. The van der Waals surface area contributed by atoms with Crippen molar-refractivity contribution in [3.05, 3.63) is 71.3 Å². The van der Waals surface area contributed by atoms with Crippen LogP contribution in [0.3, 0.4) is 0 Å². The van der Waals surface area contributed by atoms with Crippen LogP contribution in [0.25, 0.3) is 11.3 Å². The lowest BCUT2D eigenvalue weighted by Gasteiger charge is -2.25. The van der Waals surface area contributed by atoms with Gasteiger partial charge in [-0.3, -0.25) is 0 Å². The lowest BCUT2D eigenvalue weighted by atomic mass is 9.86. The Balaban J connectivity index is 1.67. The van der Waals surface area contributed by atoms with E-state index < -0.39 is 0 Å². The molecular formula is C25H26N4O2. The topological polar surface area (TPSA) is 104 Å². The summed E-state index contributed by atoms with van der Waals surface area (Å²) in [7, 11) is 0. The van der Waals surface area contributed by atoms with Crippen molar-refractivity contribution in [1.29, 1.82) is 5.26 Å². The molecule has 1 aromatic heterocycles. The van der Waals surface area contributed by atoms with Crippen LogP contribution in [0, 0.1) is 11.3 Å². The standard InChI is InChI=1S/C25H26N4O2/c26-16-20-19(18-9-12-28-13-10-18)15-21(29-25(20)27)24-22(30)7-4-8-23(24)31-14-11-17-5-2-1-3-6-17/h1-8,15,18,28,30H,9-14H2,(H2,27,29). The molecule has 0 radical (unpaired) electrons. The summed E-state index contributed by atoms with van der Waals surface area (Å²) in [5, 5.41) is 23.7. The zero-order valence-corrected chi connectivity index (χ0v) is 17.3. The predicted octanol–water partition coefficient (Wildman–Crippen LogP) is 4.00. The van der Waals surface area contributed by atoms with E-state index >= 15 is 0 Å². The maximum atomic E-state index is 10.6. The van der Waals surface area contributed by atoms with Crippen LogP contribution in [0.4, 0.5) is 5.82 Å². The summed E-state index contributed by atoms with van der Waals surface area (Å²) in [5.74, 6) is 1.04. The summed E-state index contributed by atoms with van der Waals surface area (Å²) in [6.45, 7) is 2.27. The number of rotatable bonds is 6. The zero-order chi connectivity index (χ0) is 21.6. The minimum atomic E-state index is 0.0741. The van der Waals surface area contributed by atoms with Gasteiger partial charge in [-0.25, -0.2) is 4.98 Å². The Hall–Kier alpha value is -3.56. The highest BCUT2D eigenvalue weighted by molar-refractivity contribution is 5.76. The number of hydrogen-bond acceptors (Lipinski definition) is 6. The second-order valence-corrected chi connectivity index (χ2v) is 7.73. The van der Waals surface area contributed by atoms with E-state index in [-0.39, 0.29) is 17.5 Å². The van der Waals surface area contributed by atoms with Crippen LogP contribution in [0.2, 0.25) is 0 Å². The van der Waals surface area contributed by atoms with Crippen LogP contribution in [0.1, 0.15) is 35.4 Å². The molecule has 0 spiro atoms. The summed E-state index contributed by atoms with van der Waals surface area (Å²) in [5.41, 5.74) is 9.71. The molecule has 0 amide bonds. The van der Waals surface area contributed by atoms with Crippen molar-refractivity contribution in [2.75, 3.05) is 25.4 Å². The number of nitrogen functional groups attached to an aromatic ring is 1. The van der Waals surface area contributed by atoms with Crippen molar-refractivity contribution in [3.8, 4) is 28.8 Å². The fraction of sp³-hybridized carbons (Fsp3) is 0.280. The van der Waals surface area contributed by atoms with Crippen molar-refractivity contribution < 1.29 is 9.84 Å². The van der Waals surface area contributed by atoms with Gasteiger partial charge < -0.3 is 20.9 Å². The quantitative estimate of drug-likeness (QED) is 0.563. The first-order valence-corrected chi connectivity index (χ1v) is 10.6. The molecule has 1 fully saturated rings. The fourth-order valence-corrected chi connectivity index (χ4v) is 4.11. The van der Waals surface area contributed by atoms with Gasteiger partial charge in [0.05, 0.1) is 23.4 Å². The molecule has 1 aliphatic rings. The van der Waals surface area contributed by atoms with Crippen LogP contribution in [0.5, 0.6) is 11.5 Å². The summed E-state index contributed by atoms with van der Waals surface area (Å²) in [6.07, 6.45) is 2.61. The van der Waals surface area contributed by atoms with Crippen molar-refractivity contribution >= 4 is 5.82 Å². The summed E-state index contributed by atoms with van der Waals surface area (Å²) >= 11 is 0. The van der Waals surface area contributed by atoms with Gasteiger partial charge in [0.15, 0.2) is 0 Å². The number of aromatic hydroxyl groups is 1. The Morgan fingerprint density at radius 2 is 1.90 bits per heavy atom. The number of phenolic OH excluding ortho intramolecular Hbond substituents is 1. The first-order valence-electron chi connectivity index (χ1n) is 10.6. The molecule has 2 aromatic carbocycles. The minimum Gasteiger partial charge on any atom is -0.507 e. The fourth-order valence-electron chi connectivity index (χ4n) is 4.11. The largest absolute Gasteiger partial charge is 0.507 e. The molecule has 6 heteroatoms. The van der Waals surface area contributed by atoms with E-state index in [2.05, 4.69) is 28.5 Å². The predicted molar refractivity (Wildman–Crippen MR) is 121 cm³/mol. The Kier molecular flexibility index (Phi) is 6.34. The third kappa shape index (κ3) is 4.62. The number of anilines is 1. The summed E-state index contributed by atoms with van der Waals surface area (Å²) in [4.78, 5) is 4.46. The SMILES string of the molecule is N#Cc1c(C2CCNCC2)cc(-c2c(O)cccc2OCCc2ccccc2)nc1N. The van der Waals surface area contributed by atoms with E-state index in [1.54, 1.807) is 12.1 Å². The van der Waals surface area contributed by atoms with Crippen LogP contribution in [-0.2, 0) is 6.42 Å². The number of benzene rings is 2. The lowest BCUT2D eigenvalue weighted by Crippen LogP contribution is -2.27. The molecule has 0 bridgehead atoms. The molecule has 1 saturated heterocycles. The van der Waals surface area contributed by atoms with Crippen molar-refractivity contribution in [3.63, 3.8) is 0 Å². The third-order valence-electron chi connectivity index (χ3n) is 5.72. The van der Waals surface area contributed by atoms with Gasteiger partial charge in [-0.1, -0.05) is 36.4 Å². The van der Waals surface area contributed by atoms with Gasteiger partial charge in [0.2, 0.25) is 0 Å². The average Bonchev–Trinajstić information content (AvgIpc) is 2.80. The van der Waals surface area contributed by atoms with Gasteiger partial charge in [0.25, 0.3) is 0 Å². The molecular weight excluding hydrogens is 388 g/mol. The maximum Gasteiger partial charge on any atom is 0.142 e. The van der Waals surface area contributed by atoms with Gasteiger partial charge >= 0.3 is 0 Å². The van der Waals surface area contributed by atoms with Crippen LogP contribution in [-0.4, -0.2) is 29.8 Å². The second-order valence-electron chi connectivity index (χ2n) is 7.73. The van der Waals surface area contributed by atoms with E-state index in [0.29, 0.717) is 29.2 Å². The highest BCUT2D eigenvalue weighted by atomic mass is 16.5. The normalized spacial score (nSPS) is 14.2. The second kappa shape index (κ2) is 9.50. The first-order chi connectivity index (χ1) is 15.2. The van der Waals surface area contributed by atoms with Gasteiger partial charge in [0.1, 0.15) is 23.4 Å². The summed E-state index contributed by atoms with van der Waals surface area (Å²) in [6, 6.07) is 19.4. The number of nitriles is 1. The molecule has 2 heterocycles. The Labute approximate surface area is 182 Å². The highest BCUT2D eigenvalue weighted by Crippen LogP contribution is 2.40. The minimum absolute atomic E-state index is 0.0741. The molecule has 158 valence electrons. The number of piperidine rings is 1. The highest BCUT2D eigenvalue weighted by Gasteiger charge is 2.23. The van der Waals surface area contributed by atoms with Crippen LogP contribution in [0.15, 0.2) is 54.6 Å². The van der Waals surface area contributed by atoms with E-state index in [4.69, 9.17) is 10.5 Å². The van der Waals surface area contributed by atoms with Crippen LogP contribution < -0.4 is 15.8 Å². The summed E-state index contributed by atoms with van der Waals surface area (Å²) < 4.78 is 6.04. The number of nitrogens with zero attached hydrogens (tertiary/aromatic N) is 2. The monoisotopic (exact) mass is 414 g/mol. The first kappa shape index (κ1) is 20.7. The van der Waals surface area contributed by atoms with E-state index in [0.717, 1.165) is 37.9 Å². The molecule has 31 heavy (non-hydrogen) atoms. The molecule has 0 atom stereocenters. The van der Waals surface area contributed by atoms with Gasteiger partial charge in [-0.05, 0) is 61.2 Å². The molecule has 0 aliphatic carbocycles. The molecule has 4 N–H and O–H groups in total. The number of pyridine rings is 1. The van der Waals surface area contributed by atoms with Gasteiger partial charge in [-0.15, -0.1) is 0 Å². The van der Waals surface area contributed by atoms with Crippen molar-refractivity contribution in [1.82, 2.24) is 10.3 Å². The van der Waals surface area contributed by atoms with E-state index in [9.17, 15) is 10.4 Å². The van der Waals surface area contributed by atoms with Gasteiger partial charge in [-0.2, -0.15) is 5.26 Å². The molecule has 4 rings (SSSR count). The van der Waals surface area contributed by atoms with Gasteiger partial charge in [0, 0.05) is 6.42 Å². The number of ether oxygens (including phenoxy) is 1. The molecule has 6 nitrogen and oxygen atoms in total. The number of aromatic nitrogens is 1. The van der Waals surface area contributed by atoms with Crippen molar-refractivity contribution in [2.24, 2.45) is 0 Å². The van der Waals surface area contributed by atoms with Crippen molar-refractivity contribution in [2.45, 2.75) is 25.2 Å². The molecule has 3 aromatic rings. The lowest BCUT2D eigenvalue weighted by molar-refractivity contribution is 0.321. The Bertz CT molecular complexity index is 1090. The number of nitrogens with two attached hydrogens (primary N) is 1. The molecule has 0 saturated carbocycles. The van der Waals surface area contributed by atoms with E-state index in [1.807, 2.05) is 30.3 Å². The maximum absolute atomic E-state index is 10.6. The third-order valence-corrected chi connectivity index (χ3v) is 5.72. The van der Waals surface area contributed by atoms with E-state index in [1.165, 1.54) is 5.56 Å². The zero-order valence-electron chi connectivity index (χ0n) is 17.3. The number of phenols is 1. The average molecular weight is 415 g/mol. The molecule has 0 unspecified atom stereocenters. The smallest absolute Gasteiger partial charge is 0.142 e. The molecule has 1 aliphatic heterocycles. The Morgan fingerprint density at radius 1 is 1.13 bits per heavy atom. The Morgan fingerprint density at radius 3 is 2.65 bits per heavy atom. The van der Waals surface area contributed by atoms with Crippen LogP contribution >= 0.6 is 0 Å². The number of hydrogen-bond donors (Lipinski definition) is 3.